The smallest absolute Gasteiger partial charge is 0.133 e. The van der Waals surface area contributed by atoms with Crippen LogP contribution in [-0.4, -0.2) is 13.2 Å². The van der Waals surface area contributed by atoms with Gasteiger partial charge in [-0.1, -0.05) is 19.9 Å². The van der Waals surface area contributed by atoms with Crippen LogP contribution in [0.4, 0.5) is 0 Å². The monoisotopic (exact) mass is 299 g/mol. The third-order valence-electron chi connectivity index (χ3n) is 2.52. The standard InChI is InChI=1S/C14H22BrNO/c1-4-17-14-6-5-12(9-13(14)15)10-16-8-7-11(2)3/h5-6,9,11,16H,4,7-8,10H2,1-3H3. The number of benzene rings is 1. The van der Waals surface area contributed by atoms with Crippen molar-refractivity contribution in [3.05, 3.63) is 28.2 Å². The summed E-state index contributed by atoms with van der Waals surface area (Å²) in [5.41, 5.74) is 1.28. The summed E-state index contributed by atoms with van der Waals surface area (Å²) in [7, 11) is 0. The topological polar surface area (TPSA) is 21.3 Å². The largest absolute Gasteiger partial charge is 0.493 e. The van der Waals surface area contributed by atoms with Crippen LogP contribution in [0.15, 0.2) is 22.7 Å². The van der Waals surface area contributed by atoms with Gasteiger partial charge in [0, 0.05) is 6.54 Å². The zero-order valence-corrected chi connectivity index (χ0v) is 12.5. The van der Waals surface area contributed by atoms with E-state index in [1.165, 1.54) is 12.0 Å². The Balaban J connectivity index is 2.41. The van der Waals surface area contributed by atoms with Crippen LogP contribution in [0.2, 0.25) is 0 Å². The fraction of sp³-hybridized carbons (Fsp3) is 0.571. The van der Waals surface area contributed by atoms with E-state index in [0.717, 1.165) is 29.2 Å². The second-order valence-electron chi connectivity index (χ2n) is 4.56. The Kier molecular flexibility index (Phi) is 6.60. The van der Waals surface area contributed by atoms with Crippen molar-refractivity contribution in [2.75, 3.05) is 13.2 Å². The molecule has 1 aromatic rings. The van der Waals surface area contributed by atoms with Crippen molar-refractivity contribution in [2.24, 2.45) is 5.92 Å². The van der Waals surface area contributed by atoms with Gasteiger partial charge in [0.25, 0.3) is 0 Å². The molecule has 0 heterocycles. The summed E-state index contributed by atoms with van der Waals surface area (Å²) in [5.74, 6) is 1.67. The highest BCUT2D eigenvalue weighted by Crippen LogP contribution is 2.25. The van der Waals surface area contributed by atoms with E-state index >= 15 is 0 Å². The van der Waals surface area contributed by atoms with Crippen LogP contribution in [0, 0.1) is 5.92 Å². The molecule has 17 heavy (non-hydrogen) atoms. The molecule has 1 N–H and O–H groups in total. The second-order valence-corrected chi connectivity index (χ2v) is 5.41. The maximum Gasteiger partial charge on any atom is 0.133 e. The first kappa shape index (κ1) is 14.5. The van der Waals surface area contributed by atoms with Gasteiger partial charge in [-0.05, 0) is 59.4 Å². The lowest BCUT2D eigenvalue weighted by molar-refractivity contribution is 0.338. The van der Waals surface area contributed by atoms with Gasteiger partial charge in [0.2, 0.25) is 0 Å². The average Bonchev–Trinajstić information content (AvgIpc) is 2.28. The van der Waals surface area contributed by atoms with Gasteiger partial charge in [-0.15, -0.1) is 0 Å². The quantitative estimate of drug-likeness (QED) is 0.769. The predicted molar refractivity (Wildman–Crippen MR) is 76.5 cm³/mol. The van der Waals surface area contributed by atoms with E-state index < -0.39 is 0 Å². The lowest BCUT2D eigenvalue weighted by Gasteiger charge is -2.09. The second kappa shape index (κ2) is 7.72. The summed E-state index contributed by atoms with van der Waals surface area (Å²) in [6.45, 7) is 9.17. The Hall–Kier alpha value is -0.540. The number of ether oxygens (including phenoxy) is 1. The van der Waals surface area contributed by atoms with Gasteiger partial charge in [0.15, 0.2) is 0 Å². The summed E-state index contributed by atoms with van der Waals surface area (Å²) in [4.78, 5) is 0. The average molecular weight is 300 g/mol. The van der Waals surface area contributed by atoms with Crippen molar-refractivity contribution in [1.29, 1.82) is 0 Å². The Morgan fingerprint density at radius 2 is 2.12 bits per heavy atom. The van der Waals surface area contributed by atoms with E-state index in [9.17, 15) is 0 Å². The summed E-state index contributed by atoms with van der Waals surface area (Å²) >= 11 is 3.53. The molecule has 96 valence electrons. The third kappa shape index (κ3) is 5.55. The molecule has 0 aliphatic carbocycles. The van der Waals surface area contributed by atoms with Crippen molar-refractivity contribution < 1.29 is 4.74 Å². The minimum atomic E-state index is 0.699. The van der Waals surface area contributed by atoms with Crippen LogP contribution < -0.4 is 10.1 Å². The molecule has 0 aromatic heterocycles. The van der Waals surface area contributed by atoms with Crippen molar-refractivity contribution >= 4 is 15.9 Å². The molecule has 1 aromatic carbocycles. The predicted octanol–water partition coefficient (Wildman–Crippen LogP) is 3.98. The van der Waals surface area contributed by atoms with Crippen LogP contribution in [0.1, 0.15) is 32.8 Å². The molecule has 1 rings (SSSR count). The number of rotatable bonds is 7. The summed E-state index contributed by atoms with van der Waals surface area (Å²) in [5, 5.41) is 3.45. The minimum Gasteiger partial charge on any atom is -0.493 e. The van der Waals surface area contributed by atoms with Gasteiger partial charge < -0.3 is 10.1 Å². The SMILES string of the molecule is CCOc1ccc(CNCCC(C)C)cc1Br. The maximum atomic E-state index is 5.48. The summed E-state index contributed by atoms with van der Waals surface area (Å²) < 4.78 is 6.51. The number of hydrogen-bond donors (Lipinski definition) is 1. The molecule has 0 aliphatic rings. The molecular formula is C14H22BrNO. The highest BCUT2D eigenvalue weighted by Gasteiger charge is 2.02. The molecule has 0 aliphatic heterocycles. The highest BCUT2D eigenvalue weighted by molar-refractivity contribution is 9.10. The first-order valence-corrected chi connectivity index (χ1v) is 7.04. The van der Waals surface area contributed by atoms with E-state index in [1.807, 2.05) is 13.0 Å². The molecule has 0 spiro atoms. The first-order chi connectivity index (χ1) is 8.13. The third-order valence-corrected chi connectivity index (χ3v) is 3.14. The van der Waals surface area contributed by atoms with Crippen LogP contribution >= 0.6 is 15.9 Å². The zero-order chi connectivity index (χ0) is 12.7. The van der Waals surface area contributed by atoms with Gasteiger partial charge in [-0.25, -0.2) is 0 Å². The van der Waals surface area contributed by atoms with Crippen molar-refractivity contribution in [3.8, 4) is 5.75 Å². The van der Waals surface area contributed by atoms with E-state index in [2.05, 4.69) is 47.2 Å². The van der Waals surface area contributed by atoms with Crippen LogP contribution in [0.25, 0.3) is 0 Å². The first-order valence-electron chi connectivity index (χ1n) is 6.25. The van der Waals surface area contributed by atoms with E-state index in [1.54, 1.807) is 0 Å². The molecule has 0 unspecified atom stereocenters. The van der Waals surface area contributed by atoms with E-state index in [-0.39, 0.29) is 0 Å². The summed E-state index contributed by atoms with van der Waals surface area (Å²) in [6, 6.07) is 6.25. The molecular weight excluding hydrogens is 278 g/mol. The molecule has 0 bridgehead atoms. The minimum absolute atomic E-state index is 0.699. The van der Waals surface area contributed by atoms with Crippen molar-refractivity contribution in [1.82, 2.24) is 5.32 Å². The van der Waals surface area contributed by atoms with Gasteiger partial charge in [0.1, 0.15) is 5.75 Å². The molecule has 0 atom stereocenters. The van der Waals surface area contributed by atoms with Crippen LogP contribution in [0.5, 0.6) is 5.75 Å². The number of hydrogen-bond acceptors (Lipinski definition) is 2. The molecule has 0 saturated carbocycles. The number of nitrogens with one attached hydrogen (secondary N) is 1. The van der Waals surface area contributed by atoms with Gasteiger partial charge in [-0.3, -0.25) is 0 Å². The van der Waals surface area contributed by atoms with Crippen molar-refractivity contribution in [2.45, 2.75) is 33.7 Å². The normalized spacial score (nSPS) is 10.9. The zero-order valence-electron chi connectivity index (χ0n) is 10.9. The van der Waals surface area contributed by atoms with Crippen LogP contribution in [0.3, 0.4) is 0 Å². The van der Waals surface area contributed by atoms with Crippen molar-refractivity contribution in [3.63, 3.8) is 0 Å². The molecule has 0 saturated heterocycles. The Morgan fingerprint density at radius 3 is 2.71 bits per heavy atom. The molecule has 0 fully saturated rings. The van der Waals surface area contributed by atoms with E-state index in [4.69, 9.17) is 4.74 Å². The molecule has 2 nitrogen and oxygen atoms in total. The van der Waals surface area contributed by atoms with Gasteiger partial charge >= 0.3 is 0 Å². The summed E-state index contributed by atoms with van der Waals surface area (Å²) in [6.07, 6.45) is 1.22. The fourth-order valence-electron chi connectivity index (χ4n) is 1.55. The Morgan fingerprint density at radius 1 is 1.35 bits per heavy atom. The molecule has 3 heteroatoms. The highest BCUT2D eigenvalue weighted by atomic mass is 79.9. The van der Waals surface area contributed by atoms with Gasteiger partial charge in [-0.2, -0.15) is 0 Å². The lowest BCUT2D eigenvalue weighted by Crippen LogP contribution is -2.16. The molecule has 0 amide bonds. The van der Waals surface area contributed by atoms with E-state index in [0.29, 0.717) is 6.61 Å². The van der Waals surface area contributed by atoms with Crippen LogP contribution in [-0.2, 0) is 6.54 Å². The Bertz CT molecular complexity index is 339. The maximum absolute atomic E-state index is 5.48. The fourth-order valence-corrected chi connectivity index (χ4v) is 2.09. The lowest BCUT2D eigenvalue weighted by atomic mass is 10.1. The Labute approximate surface area is 113 Å². The van der Waals surface area contributed by atoms with Gasteiger partial charge in [0.05, 0.1) is 11.1 Å². The molecule has 0 radical (unpaired) electrons. The number of halogens is 1.